The van der Waals surface area contributed by atoms with Gasteiger partial charge in [0.2, 0.25) is 0 Å². The SMILES string of the molecule is CCOC(=O)Nc1ccc(NCc2ccc([18F])cc2)cc1N. The van der Waals surface area contributed by atoms with Gasteiger partial charge in [-0.1, -0.05) is 12.1 Å². The highest BCUT2D eigenvalue weighted by Crippen LogP contribution is 2.23. The summed E-state index contributed by atoms with van der Waals surface area (Å²) in [6.07, 6.45) is -0.541. The van der Waals surface area contributed by atoms with Gasteiger partial charge in [-0.15, -0.1) is 0 Å². The molecule has 5 nitrogen and oxygen atoms in total. The van der Waals surface area contributed by atoms with Gasteiger partial charge in [0.05, 0.1) is 18.0 Å². The summed E-state index contributed by atoms with van der Waals surface area (Å²) in [5, 5.41) is 5.74. The van der Waals surface area contributed by atoms with Crippen molar-refractivity contribution in [1.82, 2.24) is 0 Å². The van der Waals surface area contributed by atoms with E-state index in [0.717, 1.165) is 11.3 Å². The standard InChI is InChI=1S/C16H18FN3O2/c1-2-22-16(21)20-15-8-7-13(9-14(15)18)19-10-11-3-5-12(17)6-4-11/h3-9,19H,2,10,18H2,1H3,(H,20,21)/i17-1. The summed E-state index contributed by atoms with van der Waals surface area (Å²) in [6.45, 7) is 2.57. The molecule has 0 spiro atoms. The third-order valence-electron chi connectivity index (χ3n) is 2.97. The Balaban J connectivity index is 1.97. The molecule has 6 heteroatoms. The third kappa shape index (κ3) is 4.37. The highest BCUT2D eigenvalue weighted by molar-refractivity contribution is 5.89. The van der Waals surface area contributed by atoms with Crippen molar-refractivity contribution in [2.75, 3.05) is 23.0 Å². The van der Waals surface area contributed by atoms with E-state index in [4.69, 9.17) is 10.5 Å². The quantitative estimate of drug-likeness (QED) is 0.738. The van der Waals surface area contributed by atoms with E-state index in [1.54, 1.807) is 37.3 Å². The molecular formula is C16H18FN3O2. The monoisotopic (exact) mass is 302 g/mol. The predicted octanol–water partition coefficient (Wildman–Crippen LogP) is 3.59. The molecule has 0 atom stereocenters. The first-order valence-corrected chi connectivity index (χ1v) is 6.90. The molecule has 1 amide bonds. The summed E-state index contributed by atoms with van der Waals surface area (Å²) in [5.74, 6) is -0.262. The van der Waals surface area contributed by atoms with E-state index in [-0.39, 0.29) is 5.82 Å². The second-order valence-electron chi connectivity index (χ2n) is 4.63. The molecule has 0 aliphatic heterocycles. The molecule has 0 aliphatic carbocycles. The van der Waals surface area contributed by atoms with Gasteiger partial charge in [0.15, 0.2) is 0 Å². The van der Waals surface area contributed by atoms with Crippen LogP contribution in [0, 0.1) is 5.82 Å². The number of nitrogens with two attached hydrogens (primary N) is 1. The lowest BCUT2D eigenvalue weighted by molar-refractivity contribution is 0.168. The van der Waals surface area contributed by atoms with Crippen molar-refractivity contribution >= 4 is 23.2 Å². The van der Waals surface area contributed by atoms with E-state index >= 15 is 0 Å². The lowest BCUT2D eigenvalue weighted by Gasteiger charge is -2.11. The van der Waals surface area contributed by atoms with Crippen molar-refractivity contribution in [3.63, 3.8) is 0 Å². The number of nitrogen functional groups attached to an aromatic ring is 1. The van der Waals surface area contributed by atoms with Gasteiger partial charge in [-0.3, -0.25) is 5.32 Å². The molecule has 22 heavy (non-hydrogen) atoms. The van der Waals surface area contributed by atoms with Gasteiger partial charge in [-0.2, -0.15) is 0 Å². The number of hydrogen-bond donors (Lipinski definition) is 3. The molecule has 0 bridgehead atoms. The van der Waals surface area contributed by atoms with Crippen LogP contribution in [0.25, 0.3) is 0 Å². The topological polar surface area (TPSA) is 76.4 Å². The second kappa shape index (κ2) is 7.31. The van der Waals surface area contributed by atoms with Gasteiger partial charge in [0.25, 0.3) is 0 Å². The highest BCUT2D eigenvalue weighted by atomic mass is 18.2. The number of ether oxygens (including phenoxy) is 1. The van der Waals surface area contributed by atoms with Crippen molar-refractivity contribution in [2.24, 2.45) is 0 Å². The molecule has 0 radical (unpaired) electrons. The van der Waals surface area contributed by atoms with Crippen molar-refractivity contribution in [3.8, 4) is 0 Å². The van der Waals surface area contributed by atoms with E-state index in [2.05, 4.69) is 10.6 Å². The fraction of sp³-hybridized carbons (Fsp3) is 0.188. The molecule has 4 N–H and O–H groups in total. The van der Waals surface area contributed by atoms with E-state index in [1.165, 1.54) is 12.1 Å². The average Bonchev–Trinajstić information content (AvgIpc) is 2.49. The molecule has 0 heterocycles. The van der Waals surface area contributed by atoms with Crippen molar-refractivity contribution < 1.29 is 13.9 Å². The lowest BCUT2D eigenvalue weighted by Crippen LogP contribution is -2.14. The van der Waals surface area contributed by atoms with Gasteiger partial charge >= 0.3 is 6.09 Å². The van der Waals surface area contributed by atoms with Gasteiger partial charge in [-0.25, -0.2) is 9.18 Å². The molecule has 2 aromatic rings. The molecule has 0 fully saturated rings. The lowest BCUT2D eigenvalue weighted by atomic mass is 10.2. The van der Waals surface area contributed by atoms with Crippen LogP contribution in [0.1, 0.15) is 12.5 Å². The molecule has 0 saturated carbocycles. The van der Waals surface area contributed by atoms with Crippen molar-refractivity contribution in [3.05, 3.63) is 53.8 Å². The first-order valence-electron chi connectivity index (χ1n) is 6.90. The normalized spacial score (nSPS) is 10.1. The zero-order valence-electron chi connectivity index (χ0n) is 12.2. The number of nitrogens with one attached hydrogen (secondary N) is 2. The summed E-state index contributed by atoms with van der Waals surface area (Å²) in [6, 6.07) is 11.5. The van der Waals surface area contributed by atoms with Crippen LogP contribution in [0.3, 0.4) is 0 Å². The second-order valence-corrected chi connectivity index (χ2v) is 4.63. The van der Waals surface area contributed by atoms with Crippen LogP contribution in [0.15, 0.2) is 42.5 Å². The average molecular weight is 302 g/mol. The molecule has 0 aliphatic rings. The van der Waals surface area contributed by atoms with Crippen molar-refractivity contribution in [1.29, 1.82) is 0 Å². The predicted molar refractivity (Wildman–Crippen MR) is 85.2 cm³/mol. The van der Waals surface area contributed by atoms with Crippen molar-refractivity contribution in [2.45, 2.75) is 13.5 Å². The number of amides is 1. The highest BCUT2D eigenvalue weighted by Gasteiger charge is 2.06. The summed E-state index contributed by atoms with van der Waals surface area (Å²) in [7, 11) is 0. The third-order valence-corrected chi connectivity index (χ3v) is 2.97. The maximum Gasteiger partial charge on any atom is 0.411 e. The van der Waals surface area contributed by atoms with E-state index in [9.17, 15) is 9.18 Å². The first-order chi connectivity index (χ1) is 10.6. The largest absolute Gasteiger partial charge is 0.450 e. The minimum atomic E-state index is -0.541. The molecule has 0 aromatic heterocycles. The van der Waals surface area contributed by atoms with Crippen LogP contribution in [0.5, 0.6) is 0 Å². The Morgan fingerprint density at radius 2 is 1.95 bits per heavy atom. The zero-order valence-corrected chi connectivity index (χ0v) is 12.2. The fourth-order valence-corrected chi connectivity index (χ4v) is 1.87. The summed E-state index contributed by atoms with van der Waals surface area (Å²) >= 11 is 0. The molecule has 0 unspecified atom stereocenters. The number of rotatable bonds is 5. The van der Waals surface area contributed by atoms with Crippen LogP contribution in [-0.4, -0.2) is 12.7 Å². The smallest absolute Gasteiger partial charge is 0.411 e. The van der Waals surface area contributed by atoms with E-state index in [0.29, 0.717) is 24.5 Å². The number of anilines is 3. The van der Waals surface area contributed by atoms with Crippen LogP contribution < -0.4 is 16.4 Å². The van der Waals surface area contributed by atoms with Crippen LogP contribution in [0.2, 0.25) is 0 Å². The summed E-state index contributed by atoms with van der Waals surface area (Å²) in [4.78, 5) is 11.4. The Morgan fingerprint density at radius 3 is 2.59 bits per heavy atom. The minimum Gasteiger partial charge on any atom is -0.450 e. The van der Waals surface area contributed by atoms with E-state index in [1.807, 2.05) is 0 Å². The Kier molecular flexibility index (Phi) is 5.19. The minimum absolute atomic E-state index is 0.262. The van der Waals surface area contributed by atoms with Crippen LogP contribution in [0.4, 0.5) is 26.2 Å². The number of benzene rings is 2. The molecule has 0 saturated heterocycles. The van der Waals surface area contributed by atoms with E-state index < -0.39 is 6.09 Å². The van der Waals surface area contributed by atoms with Crippen LogP contribution >= 0.6 is 0 Å². The van der Waals surface area contributed by atoms with Gasteiger partial charge in [-0.05, 0) is 42.8 Å². The van der Waals surface area contributed by atoms with Crippen LogP contribution in [-0.2, 0) is 11.3 Å². The van der Waals surface area contributed by atoms with Gasteiger partial charge in [0.1, 0.15) is 5.82 Å². The molecule has 116 valence electrons. The Labute approximate surface area is 128 Å². The molecule has 2 aromatic carbocycles. The molecule has 2 rings (SSSR count). The first kappa shape index (κ1) is 15.6. The zero-order chi connectivity index (χ0) is 15.9. The number of halogens is 1. The number of carbonyl (C=O) groups is 1. The fourth-order valence-electron chi connectivity index (χ4n) is 1.87. The maximum absolute atomic E-state index is 12.8. The van der Waals surface area contributed by atoms with Gasteiger partial charge < -0.3 is 15.8 Å². The van der Waals surface area contributed by atoms with Gasteiger partial charge in [0, 0.05) is 12.2 Å². The maximum atomic E-state index is 12.8. The Hall–Kier alpha value is -2.76. The Bertz CT molecular complexity index is 644. The number of hydrogen-bond acceptors (Lipinski definition) is 4. The Morgan fingerprint density at radius 1 is 1.23 bits per heavy atom. The summed E-state index contributed by atoms with van der Waals surface area (Å²) in [5.41, 5.74) is 8.57. The summed E-state index contributed by atoms with van der Waals surface area (Å²) < 4.78 is 17.6. The number of carbonyl (C=O) groups excluding carboxylic acids is 1. The molecular weight excluding hydrogens is 284 g/mol.